The fourth-order valence-electron chi connectivity index (χ4n) is 0.833. The van der Waals surface area contributed by atoms with Crippen LogP contribution in [0.15, 0.2) is 0 Å². The van der Waals surface area contributed by atoms with Crippen LogP contribution in [-0.4, -0.2) is 20.7 Å². The van der Waals surface area contributed by atoms with Crippen molar-refractivity contribution < 1.29 is 9.18 Å². The number of nitrogens with two attached hydrogens (primary N) is 1. The molecule has 0 aliphatic heterocycles. The van der Waals surface area contributed by atoms with E-state index in [1.807, 2.05) is 0 Å². The lowest BCUT2D eigenvalue weighted by atomic mass is 10.6. The highest BCUT2D eigenvalue weighted by Gasteiger charge is 2.06. The first-order valence-corrected chi connectivity index (χ1v) is 3.38. The molecule has 0 atom stereocenters. The number of aryl methyl sites for hydroxylation is 1. The van der Waals surface area contributed by atoms with E-state index in [-0.39, 0.29) is 12.4 Å². The Bertz CT molecular complexity index is 296. The molecule has 0 aromatic carbocycles. The minimum absolute atomic E-state index is 0.0567. The van der Waals surface area contributed by atoms with Gasteiger partial charge in [-0.25, -0.2) is 14.1 Å². The van der Waals surface area contributed by atoms with Gasteiger partial charge in [-0.05, 0) is 6.92 Å². The third-order valence-corrected chi connectivity index (χ3v) is 1.33. The van der Waals surface area contributed by atoms with Gasteiger partial charge >= 0.3 is 0 Å². The predicted octanol–water partition coefficient (Wildman–Crippen LogP) is -0.459. The largest absolute Gasteiger partial charge is 0.368 e. The standard InChI is InChI=1S/C6H9FN4O/c1-4-9-6(2-7)10-11(4)3-5(8)12/h2-3H2,1H3,(H2,8,12). The number of amides is 1. The minimum Gasteiger partial charge on any atom is -0.368 e. The first-order chi connectivity index (χ1) is 5.63. The van der Waals surface area contributed by atoms with E-state index in [9.17, 15) is 9.18 Å². The molecule has 0 aliphatic rings. The Morgan fingerprint density at radius 2 is 2.42 bits per heavy atom. The highest BCUT2D eigenvalue weighted by atomic mass is 19.1. The van der Waals surface area contributed by atoms with Crippen LogP contribution in [0.1, 0.15) is 11.6 Å². The summed E-state index contributed by atoms with van der Waals surface area (Å²) in [5.41, 5.74) is 4.92. The molecule has 5 nitrogen and oxygen atoms in total. The number of hydrogen-bond acceptors (Lipinski definition) is 3. The smallest absolute Gasteiger partial charge is 0.239 e. The summed E-state index contributed by atoms with van der Waals surface area (Å²) in [6.45, 7) is 0.848. The number of carbonyl (C=O) groups is 1. The summed E-state index contributed by atoms with van der Waals surface area (Å²) < 4.78 is 13.3. The van der Waals surface area contributed by atoms with E-state index in [0.717, 1.165) is 0 Å². The van der Waals surface area contributed by atoms with Gasteiger partial charge < -0.3 is 5.73 Å². The number of rotatable bonds is 3. The van der Waals surface area contributed by atoms with Crippen LogP contribution < -0.4 is 5.73 Å². The second-order valence-corrected chi connectivity index (χ2v) is 2.33. The number of alkyl halides is 1. The first kappa shape index (κ1) is 8.63. The Hall–Kier alpha value is -1.46. The van der Waals surface area contributed by atoms with Gasteiger partial charge in [-0.2, -0.15) is 5.10 Å². The van der Waals surface area contributed by atoms with E-state index in [2.05, 4.69) is 10.1 Å². The van der Waals surface area contributed by atoms with Gasteiger partial charge in [0.2, 0.25) is 5.91 Å². The van der Waals surface area contributed by atoms with E-state index in [1.54, 1.807) is 6.92 Å². The summed E-state index contributed by atoms with van der Waals surface area (Å²) in [5, 5.41) is 3.70. The van der Waals surface area contributed by atoms with Gasteiger partial charge in [0.1, 0.15) is 12.4 Å². The van der Waals surface area contributed by atoms with Crippen molar-refractivity contribution >= 4 is 5.91 Å². The van der Waals surface area contributed by atoms with E-state index >= 15 is 0 Å². The number of halogens is 1. The number of primary amides is 1. The van der Waals surface area contributed by atoms with Gasteiger partial charge in [0.05, 0.1) is 0 Å². The Balaban J connectivity index is 2.84. The molecule has 6 heteroatoms. The second kappa shape index (κ2) is 3.29. The molecule has 0 aliphatic carbocycles. The van der Waals surface area contributed by atoms with Crippen LogP contribution in [0, 0.1) is 6.92 Å². The molecule has 1 aromatic rings. The Kier molecular flexibility index (Phi) is 2.37. The molecular formula is C6H9FN4O. The normalized spacial score (nSPS) is 10.2. The predicted molar refractivity (Wildman–Crippen MR) is 38.8 cm³/mol. The fraction of sp³-hybridized carbons (Fsp3) is 0.500. The van der Waals surface area contributed by atoms with Crippen molar-refractivity contribution in [2.45, 2.75) is 20.1 Å². The molecule has 0 fully saturated rings. The summed E-state index contributed by atoms with van der Waals surface area (Å²) in [5.74, 6) is 0.0450. The molecule has 1 heterocycles. The molecule has 66 valence electrons. The quantitative estimate of drug-likeness (QED) is 0.670. The molecule has 0 radical (unpaired) electrons. The molecule has 0 spiro atoms. The monoisotopic (exact) mass is 172 g/mol. The lowest BCUT2D eigenvalue weighted by Crippen LogP contribution is -2.20. The van der Waals surface area contributed by atoms with Gasteiger partial charge in [0.25, 0.3) is 0 Å². The summed E-state index contributed by atoms with van der Waals surface area (Å²) in [4.78, 5) is 14.2. The van der Waals surface area contributed by atoms with Crippen molar-refractivity contribution in [2.24, 2.45) is 5.73 Å². The molecule has 1 amide bonds. The van der Waals surface area contributed by atoms with Crippen LogP contribution in [-0.2, 0) is 18.0 Å². The summed E-state index contributed by atoms with van der Waals surface area (Å²) in [6.07, 6.45) is 0. The van der Waals surface area contributed by atoms with E-state index < -0.39 is 12.6 Å². The van der Waals surface area contributed by atoms with Crippen LogP contribution in [0.25, 0.3) is 0 Å². The Morgan fingerprint density at radius 1 is 1.75 bits per heavy atom. The molecule has 12 heavy (non-hydrogen) atoms. The zero-order valence-corrected chi connectivity index (χ0v) is 6.62. The van der Waals surface area contributed by atoms with Crippen LogP contribution in [0.3, 0.4) is 0 Å². The van der Waals surface area contributed by atoms with E-state index in [1.165, 1.54) is 4.68 Å². The van der Waals surface area contributed by atoms with Gasteiger partial charge in [0, 0.05) is 0 Å². The lowest BCUT2D eigenvalue weighted by molar-refractivity contribution is -0.118. The zero-order valence-electron chi connectivity index (χ0n) is 6.62. The number of carbonyl (C=O) groups excluding carboxylic acids is 1. The molecule has 0 bridgehead atoms. The van der Waals surface area contributed by atoms with Crippen molar-refractivity contribution in [1.29, 1.82) is 0 Å². The van der Waals surface area contributed by atoms with Crippen molar-refractivity contribution in [1.82, 2.24) is 14.8 Å². The second-order valence-electron chi connectivity index (χ2n) is 2.33. The maximum atomic E-state index is 12.0. The highest BCUT2D eigenvalue weighted by Crippen LogP contribution is 1.97. The minimum atomic E-state index is -0.730. The van der Waals surface area contributed by atoms with Crippen molar-refractivity contribution in [3.8, 4) is 0 Å². The van der Waals surface area contributed by atoms with Crippen molar-refractivity contribution in [3.63, 3.8) is 0 Å². The first-order valence-electron chi connectivity index (χ1n) is 3.38. The van der Waals surface area contributed by atoms with Crippen LogP contribution in [0.4, 0.5) is 4.39 Å². The van der Waals surface area contributed by atoms with Crippen molar-refractivity contribution in [2.75, 3.05) is 0 Å². The molecular weight excluding hydrogens is 163 g/mol. The van der Waals surface area contributed by atoms with Crippen molar-refractivity contribution in [3.05, 3.63) is 11.6 Å². The summed E-state index contributed by atoms with van der Waals surface area (Å²) in [7, 11) is 0. The van der Waals surface area contributed by atoms with Gasteiger partial charge in [-0.3, -0.25) is 4.79 Å². The number of hydrogen-bond donors (Lipinski definition) is 1. The van der Waals surface area contributed by atoms with Gasteiger partial charge in [-0.15, -0.1) is 0 Å². The van der Waals surface area contributed by atoms with Crippen LogP contribution in [0.5, 0.6) is 0 Å². The Morgan fingerprint density at radius 3 is 2.83 bits per heavy atom. The highest BCUT2D eigenvalue weighted by molar-refractivity contribution is 5.73. The van der Waals surface area contributed by atoms with E-state index in [4.69, 9.17) is 5.73 Å². The number of nitrogens with zero attached hydrogens (tertiary/aromatic N) is 3. The molecule has 0 saturated heterocycles. The molecule has 2 N–H and O–H groups in total. The summed E-state index contributed by atoms with van der Waals surface area (Å²) in [6, 6.07) is 0. The molecule has 1 aromatic heterocycles. The molecule has 0 unspecified atom stereocenters. The maximum absolute atomic E-state index is 12.0. The molecule has 1 rings (SSSR count). The average molecular weight is 172 g/mol. The zero-order chi connectivity index (χ0) is 9.14. The van der Waals surface area contributed by atoms with Crippen LogP contribution in [0.2, 0.25) is 0 Å². The maximum Gasteiger partial charge on any atom is 0.239 e. The topological polar surface area (TPSA) is 73.8 Å². The lowest BCUT2D eigenvalue weighted by Gasteiger charge is -1.96. The third-order valence-electron chi connectivity index (χ3n) is 1.33. The fourth-order valence-corrected chi connectivity index (χ4v) is 0.833. The average Bonchev–Trinajstić information content (AvgIpc) is 2.31. The van der Waals surface area contributed by atoms with Crippen LogP contribution >= 0.6 is 0 Å². The Labute approximate surface area is 68.4 Å². The summed E-state index contributed by atoms with van der Waals surface area (Å²) >= 11 is 0. The van der Waals surface area contributed by atoms with E-state index in [0.29, 0.717) is 5.82 Å². The molecule has 0 saturated carbocycles. The number of aromatic nitrogens is 3. The SMILES string of the molecule is Cc1nc(CF)nn1CC(N)=O. The third kappa shape index (κ3) is 1.77. The van der Waals surface area contributed by atoms with Gasteiger partial charge in [-0.1, -0.05) is 0 Å². The van der Waals surface area contributed by atoms with Gasteiger partial charge in [0.15, 0.2) is 12.5 Å².